The quantitative estimate of drug-likeness (QED) is 0.253. The summed E-state index contributed by atoms with van der Waals surface area (Å²) >= 11 is 0. The molecule has 2 amide bonds. The minimum absolute atomic E-state index is 0.00305. The molecule has 0 bridgehead atoms. The van der Waals surface area contributed by atoms with E-state index in [4.69, 9.17) is 4.74 Å². The first kappa shape index (κ1) is 26.7. The fourth-order valence-corrected chi connectivity index (χ4v) is 4.69. The fourth-order valence-electron chi connectivity index (χ4n) is 4.69. The lowest BCUT2D eigenvalue weighted by Crippen LogP contribution is -2.29. The monoisotopic (exact) mass is 512 g/mol. The highest BCUT2D eigenvalue weighted by atomic mass is 16.5. The minimum Gasteiger partial charge on any atom is -0.507 e. The molecule has 1 aliphatic heterocycles. The number of aliphatic hydroxyl groups excluding tert-OH is 1. The fraction of sp³-hybridized carbons (Fsp3) is 0.258. The third-order valence-corrected chi connectivity index (χ3v) is 6.67. The number of ketones is 1. The van der Waals surface area contributed by atoms with E-state index in [1.807, 2.05) is 24.3 Å². The molecule has 0 spiro atoms. The Morgan fingerprint density at radius 2 is 1.68 bits per heavy atom. The van der Waals surface area contributed by atoms with E-state index in [0.717, 1.165) is 5.56 Å². The summed E-state index contributed by atoms with van der Waals surface area (Å²) in [5.74, 6) is -1.44. The average molecular weight is 513 g/mol. The maximum absolute atomic E-state index is 13.5. The van der Waals surface area contributed by atoms with Gasteiger partial charge in [-0.3, -0.25) is 19.3 Å². The molecule has 1 unspecified atom stereocenters. The molecule has 4 rings (SSSR count). The number of carbonyl (C=O) groups excluding carboxylic acids is 3. The van der Waals surface area contributed by atoms with Gasteiger partial charge in [0.2, 0.25) is 5.91 Å². The number of anilines is 2. The van der Waals surface area contributed by atoms with Gasteiger partial charge in [0.15, 0.2) is 0 Å². The van der Waals surface area contributed by atoms with Gasteiger partial charge in [-0.1, -0.05) is 51.1 Å². The zero-order chi connectivity index (χ0) is 27.8. The zero-order valence-corrected chi connectivity index (χ0v) is 22.5. The van der Waals surface area contributed by atoms with Crippen LogP contribution in [0.2, 0.25) is 0 Å². The van der Waals surface area contributed by atoms with Crippen LogP contribution in [0.5, 0.6) is 5.75 Å². The number of nitrogens with one attached hydrogen (secondary N) is 1. The molecule has 7 nitrogen and oxygen atoms in total. The van der Waals surface area contributed by atoms with E-state index < -0.39 is 17.7 Å². The zero-order valence-electron chi connectivity index (χ0n) is 22.5. The van der Waals surface area contributed by atoms with E-state index in [2.05, 4.69) is 26.1 Å². The van der Waals surface area contributed by atoms with Crippen molar-refractivity contribution in [2.24, 2.45) is 0 Å². The van der Waals surface area contributed by atoms with E-state index >= 15 is 0 Å². The van der Waals surface area contributed by atoms with E-state index in [9.17, 15) is 19.5 Å². The Labute approximate surface area is 222 Å². The number of aryl methyl sites for hydroxylation is 1. The van der Waals surface area contributed by atoms with Gasteiger partial charge in [0.1, 0.15) is 11.5 Å². The molecule has 2 N–H and O–H groups in total. The van der Waals surface area contributed by atoms with Crippen molar-refractivity contribution >= 4 is 34.7 Å². The number of nitrogens with zero attached hydrogens (tertiary/aromatic N) is 1. The number of Topliss-reactive ketones (excluding diaryl/α,β-unsaturated/α-hetero) is 1. The summed E-state index contributed by atoms with van der Waals surface area (Å²) in [7, 11) is 1.55. The third kappa shape index (κ3) is 5.05. The van der Waals surface area contributed by atoms with Crippen LogP contribution in [0.4, 0.5) is 11.4 Å². The van der Waals surface area contributed by atoms with Crippen molar-refractivity contribution in [2.45, 2.75) is 46.1 Å². The molecule has 0 aromatic heterocycles. The molecule has 0 aliphatic carbocycles. The van der Waals surface area contributed by atoms with Crippen LogP contribution in [0.3, 0.4) is 0 Å². The van der Waals surface area contributed by atoms with Gasteiger partial charge in [0.25, 0.3) is 11.7 Å². The number of rotatable bonds is 5. The van der Waals surface area contributed by atoms with Crippen molar-refractivity contribution in [3.05, 3.63) is 94.6 Å². The number of benzene rings is 3. The highest BCUT2D eigenvalue weighted by Gasteiger charge is 2.47. The smallest absolute Gasteiger partial charge is 0.300 e. The van der Waals surface area contributed by atoms with Crippen molar-refractivity contribution < 1.29 is 24.2 Å². The molecular weight excluding hydrogens is 480 g/mol. The van der Waals surface area contributed by atoms with Gasteiger partial charge in [-0.15, -0.1) is 0 Å². The van der Waals surface area contributed by atoms with E-state index in [0.29, 0.717) is 33.8 Å². The van der Waals surface area contributed by atoms with Crippen molar-refractivity contribution in [2.75, 3.05) is 17.3 Å². The van der Waals surface area contributed by atoms with Crippen LogP contribution >= 0.6 is 0 Å². The largest absolute Gasteiger partial charge is 0.507 e. The van der Waals surface area contributed by atoms with Crippen LogP contribution in [0.15, 0.2) is 72.3 Å². The first-order chi connectivity index (χ1) is 17.9. The number of ether oxygens (including phenoxy) is 1. The molecule has 1 saturated heterocycles. The maximum atomic E-state index is 13.5. The molecule has 1 fully saturated rings. The number of carbonyl (C=O) groups is 3. The summed E-state index contributed by atoms with van der Waals surface area (Å²) in [4.78, 5) is 40.0. The first-order valence-electron chi connectivity index (χ1n) is 12.4. The number of hydrogen-bond acceptors (Lipinski definition) is 5. The lowest BCUT2D eigenvalue weighted by Gasteiger charge is -2.27. The molecule has 1 heterocycles. The number of hydrogen-bond donors (Lipinski definition) is 2. The molecule has 3 aromatic rings. The van der Waals surface area contributed by atoms with Crippen LogP contribution in [-0.2, 0) is 19.8 Å². The summed E-state index contributed by atoms with van der Waals surface area (Å²) in [5, 5.41) is 14.2. The van der Waals surface area contributed by atoms with Crippen LogP contribution in [0.1, 0.15) is 56.0 Å². The maximum Gasteiger partial charge on any atom is 0.300 e. The standard InChI is InChI=1S/C31H32N2O5/c1-18-16-24(38-6)14-15-25(18)28(35)26-27(20-10-12-21(13-11-20)31(3,4)5)33(30(37)29(26)36)23-9-7-8-22(17-23)32-19(2)34/h7-17,27,35H,1-6H3,(H,32,34)/b28-26-. The second kappa shape index (κ2) is 10.2. The Morgan fingerprint density at radius 1 is 1.00 bits per heavy atom. The summed E-state index contributed by atoms with van der Waals surface area (Å²) in [5.41, 5.74) is 3.73. The van der Waals surface area contributed by atoms with Gasteiger partial charge in [-0.25, -0.2) is 0 Å². The molecule has 0 radical (unpaired) electrons. The molecule has 196 valence electrons. The lowest BCUT2D eigenvalue weighted by molar-refractivity contribution is -0.132. The molecule has 1 atom stereocenters. The second-order valence-electron chi connectivity index (χ2n) is 10.5. The van der Waals surface area contributed by atoms with E-state index in [1.54, 1.807) is 56.5 Å². The Bertz CT molecular complexity index is 1450. The molecule has 38 heavy (non-hydrogen) atoms. The SMILES string of the molecule is COc1ccc(/C(O)=C2/C(=O)C(=O)N(c3cccc(NC(C)=O)c3)C2c2ccc(C(C)(C)C)cc2)c(C)c1. The summed E-state index contributed by atoms with van der Waals surface area (Å²) in [6, 6.07) is 18.7. The third-order valence-electron chi connectivity index (χ3n) is 6.67. The van der Waals surface area contributed by atoms with Gasteiger partial charge >= 0.3 is 0 Å². The van der Waals surface area contributed by atoms with Gasteiger partial charge < -0.3 is 15.2 Å². The van der Waals surface area contributed by atoms with Crippen molar-refractivity contribution in [3.8, 4) is 5.75 Å². The van der Waals surface area contributed by atoms with Crippen molar-refractivity contribution in [3.63, 3.8) is 0 Å². The van der Waals surface area contributed by atoms with Gasteiger partial charge in [0.05, 0.1) is 18.7 Å². The van der Waals surface area contributed by atoms with Gasteiger partial charge in [-0.05, 0) is 65.4 Å². The van der Waals surface area contributed by atoms with E-state index in [1.165, 1.54) is 11.8 Å². The molecule has 7 heteroatoms. The average Bonchev–Trinajstić information content (AvgIpc) is 3.13. The Balaban J connectivity index is 1.93. The van der Waals surface area contributed by atoms with E-state index in [-0.39, 0.29) is 22.7 Å². The highest BCUT2D eigenvalue weighted by Crippen LogP contribution is 2.43. The van der Waals surface area contributed by atoms with Crippen LogP contribution < -0.4 is 15.0 Å². The Morgan fingerprint density at radius 3 is 2.26 bits per heavy atom. The van der Waals surface area contributed by atoms with Crippen molar-refractivity contribution in [1.29, 1.82) is 0 Å². The Hall–Kier alpha value is -4.39. The number of aliphatic hydroxyl groups is 1. The van der Waals surface area contributed by atoms with Crippen LogP contribution in [-0.4, -0.2) is 29.8 Å². The molecule has 0 saturated carbocycles. The predicted octanol–water partition coefficient (Wildman–Crippen LogP) is 5.89. The summed E-state index contributed by atoms with van der Waals surface area (Å²) < 4.78 is 5.28. The van der Waals surface area contributed by atoms with Crippen LogP contribution in [0, 0.1) is 6.92 Å². The summed E-state index contributed by atoms with van der Waals surface area (Å²) in [6.45, 7) is 9.51. The van der Waals surface area contributed by atoms with Crippen molar-refractivity contribution in [1.82, 2.24) is 0 Å². The normalized spacial score (nSPS) is 17.0. The number of methoxy groups -OCH3 is 1. The first-order valence-corrected chi connectivity index (χ1v) is 12.4. The lowest BCUT2D eigenvalue weighted by atomic mass is 9.85. The Kier molecular flexibility index (Phi) is 7.14. The molecular formula is C31H32N2O5. The highest BCUT2D eigenvalue weighted by molar-refractivity contribution is 6.51. The van der Waals surface area contributed by atoms with Gasteiger partial charge in [0, 0.05) is 23.9 Å². The number of amides is 2. The summed E-state index contributed by atoms with van der Waals surface area (Å²) in [6.07, 6.45) is 0. The van der Waals surface area contributed by atoms with Gasteiger partial charge in [-0.2, -0.15) is 0 Å². The second-order valence-corrected chi connectivity index (χ2v) is 10.5. The minimum atomic E-state index is -0.877. The topological polar surface area (TPSA) is 95.9 Å². The predicted molar refractivity (Wildman–Crippen MR) is 148 cm³/mol. The molecule has 1 aliphatic rings. The molecule has 3 aromatic carbocycles. The van der Waals surface area contributed by atoms with Crippen LogP contribution in [0.25, 0.3) is 5.76 Å².